The summed E-state index contributed by atoms with van der Waals surface area (Å²) < 4.78 is 2.14. The van der Waals surface area contributed by atoms with Crippen LogP contribution in [0.2, 0.25) is 0 Å². The summed E-state index contributed by atoms with van der Waals surface area (Å²) in [4.78, 5) is 17.6. The summed E-state index contributed by atoms with van der Waals surface area (Å²) in [6.45, 7) is 10.1. The molecule has 6 heteroatoms. The summed E-state index contributed by atoms with van der Waals surface area (Å²) in [7, 11) is 0. The molecule has 0 unspecified atom stereocenters. The largest absolute Gasteiger partial charge is 0.318 e. The number of nitrogens with one attached hydrogen (secondary N) is 1. The number of thiazole rings is 1. The van der Waals surface area contributed by atoms with Crippen LogP contribution in [0.3, 0.4) is 0 Å². The number of rotatable bonds is 4. The van der Waals surface area contributed by atoms with E-state index in [1.54, 1.807) is 12.3 Å². The van der Waals surface area contributed by atoms with Crippen LogP contribution in [0.4, 0.5) is 5.13 Å². The number of nitriles is 1. The first kappa shape index (κ1) is 19.6. The third-order valence-corrected chi connectivity index (χ3v) is 5.27. The lowest BCUT2D eigenvalue weighted by molar-refractivity contribution is -0.112. The van der Waals surface area contributed by atoms with E-state index in [1.807, 2.05) is 32.9 Å². The van der Waals surface area contributed by atoms with Gasteiger partial charge in [-0.05, 0) is 75.6 Å². The molecule has 5 nitrogen and oxygen atoms in total. The molecule has 1 aromatic carbocycles. The first-order valence-corrected chi connectivity index (χ1v) is 9.73. The molecule has 3 rings (SSSR count). The Morgan fingerprint density at radius 1 is 1.14 bits per heavy atom. The van der Waals surface area contributed by atoms with Gasteiger partial charge >= 0.3 is 0 Å². The van der Waals surface area contributed by atoms with Crippen LogP contribution in [-0.4, -0.2) is 15.5 Å². The van der Waals surface area contributed by atoms with Crippen molar-refractivity contribution in [2.75, 3.05) is 5.32 Å². The molecule has 142 valence electrons. The van der Waals surface area contributed by atoms with Crippen molar-refractivity contribution >= 4 is 28.5 Å². The maximum absolute atomic E-state index is 12.5. The summed E-state index contributed by atoms with van der Waals surface area (Å²) in [5.74, 6) is -0.451. The number of anilines is 1. The van der Waals surface area contributed by atoms with Gasteiger partial charge in [0, 0.05) is 28.1 Å². The average Bonchev–Trinajstić information content (AvgIpc) is 3.14. The standard InChI is InChI=1S/C22H22N4OS/c1-13-6-14(2)8-20(7-13)26-15(3)9-18(17(26)5)10-19(11-23)21(27)25-22-24-12-16(4)28-22/h6-10,12H,1-5H3,(H,24,25,27)/b19-10-. The van der Waals surface area contributed by atoms with Gasteiger partial charge in [-0.25, -0.2) is 4.98 Å². The van der Waals surface area contributed by atoms with Gasteiger partial charge in [-0.15, -0.1) is 11.3 Å². The van der Waals surface area contributed by atoms with Gasteiger partial charge in [-0.1, -0.05) is 6.07 Å². The first-order valence-electron chi connectivity index (χ1n) is 8.91. The van der Waals surface area contributed by atoms with Crippen LogP contribution in [0.5, 0.6) is 0 Å². The molecule has 0 atom stereocenters. The van der Waals surface area contributed by atoms with E-state index in [9.17, 15) is 10.1 Å². The lowest BCUT2D eigenvalue weighted by Gasteiger charge is -2.12. The number of nitrogens with zero attached hydrogens (tertiary/aromatic N) is 3. The number of hydrogen-bond donors (Lipinski definition) is 1. The Morgan fingerprint density at radius 3 is 2.39 bits per heavy atom. The van der Waals surface area contributed by atoms with Crippen LogP contribution in [-0.2, 0) is 4.79 Å². The summed E-state index contributed by atoms with van der Waals surface area (Å²) in [6, 6.07) is 10.4. The van der Waals surface area contributed by atoms with Crippen molar-refractivity contribution in [3.8, 4) is 11.8 Å². The molecule has 3 aromatic rings. The van der Waals surface area contributed by atoms with E-state index in [4.69, 9.17) is 0 Å². The highest BCUT2D eigenvalue weighted by atomic mass is 32.1. The predicted octanol–water partition coefficient (Wildman–Crippen LogP) is 5.02. The molecule has 0 aliphatic heterocycles. The molecule has 1 N–H and O–H groups in total. The number of carbonyl (C=O) groups excluding carboxylic acids is 1. The van der Waals surface area contributed by atoms with Gasteiger partial charge < -0.3 is 4.57 Å². The van der Waals surface area contributed by atoms with E-state index in [-0.39, 0.29) is 5.57 Å². The monoisotopic (exact) mass is 390 g/mol. The Morgan fingerprint density at radius 2 is 1.82 bits per heavy atom. The number of benzene rings is 1. The van der Waals surface area contributed by atoms with Gasteiger partial charge in [0.15, 0.2) is 5.13 Å². The molecule has 28 heavy (non-hydrogen) atoms. The molecule has 0 fully saturated rings. The fraction of sp³-hybridized carbons (Fsp3) is 0.227. The molecule has 2 aromatic heterocycles. The summed E-state index contributed by atoms with van der Waals surface area (Å²) >= 11 is 1.38. The normalized spacial score (nSPS) is 11.4. The van der Waals surface area contributed by atoms with Crippen LogP contribution in [0.1, 0.15) is 33.0 Å². The minimum absolute atomic E-state index is 0.0496. The zero-order chi connectivity index (χ0) is 20.4. The fourth-order valence-corrected chi connectivity index (χ4v) is 3.95. The van der Waals surface area contributed by atoms with E-state index in [0.29, 0.717) is 5.13 Å². The quantitative estimate of drug-likeness (QED) is 0.502. The first-order chi connectivity index (χ1) is 13.3. The molecule has 0 radical (unpaired) electrons. The Hall–Kier alpha value is -3.17. The van der Waals surface area contributed by atoms with E-state index in [2.05, 4.69) is 46.9 Å². The van der Waals surface area contributed by atoms with Crippen LogP contribution < -0.4 is 5.32 Å². The highest BCUT2D eigenvalue weighted by Gasteiger charge is 2.15. The number of hydrogen-bond acceptors (Lipinski definition) is 4. The van der Waals surface area contributed by atoms with Gasteiger partial charge in [0.25, 0.3) is 5.91 Å². The Labute approximate surface area is 169 Å². The topological polar surface area (TPSA) is 70.7 Å². The zero-order valence-corrected chi connectivity index (χ0v) is 17.4. The Balaban J connectivity index is 1.97. The zero-order valence-electron chi connectivity index (χ0n) is 16.6. The van der Waals surface area contributed by atoms with Gasteiger partial charge in [0.2, 0.25) is 0 Å². The van der Waals surface area contributed by atoms with E-state index < -0.39 is 5.91 Å². The van der Waals surface area contributed by atoms with Crippen molar-refractivity contribution in [3.63, 3.8) is 0 Å². The Bertz CT molecular complexity index is 1110. The highest BCUT2D eigenvalue weighted by Crippen LogP contribution is 2.25. The molecular formula is C22H22N4OS. The molecule has 0 bridgehead atoms. The molecule has 2 heterocycles. The third-order valence-electron chi connectivity index (χ3n) is 4.44. The van der Waals surface area contributed by atoms with Crippen LogP contribution >= 0.6 is 11.3 Å². The molecular weight excluding hydrogens is 368 g/mol. The number of amides is 1. The van der Waals surface area contributed by atoms with Crippen LogP contribution in [0.15, 0.2) is 36.0 Å². The molecule has 0 aliphatic rings. The minimum Gasteiger partial charge on any atom is -0.318 e. The molecule has 0 saturated carbocycles. The Kier molecular flexibility index (Phi) is 5.48. The summed E-state index contributed by atoms with van der Waals surface area (Å²) in [5, 5.41) is 12.7. The van der Waals surface area contributed by atoms with Crippen LogP contribution in [0, 0.1) is 45.9 Å². The van der Waals surface area contributed by atoms with Crippen molar-refractivity contribution < 1.29 is 4.79 Å². The second-order valence-corrected chi connectivity index (χ2v) is 8.14. The van der Waals surface area contributed by atoms with Gasteiger partial charge in [0.1, 0.15) is 11.6 Å². The van der Waals surface area contributed by atoms with Gasteiger partial charge in [-0.2, -0.15) is 5.26 Å². The lowest BCUT2D eigenvalue weighted by atomic mass is 10.1. The number of carbonyl (C=O) groups is 1. The van der Waals surface area contributed by atoms with E-state index in [1.165, 1.54) is 22.5 Å². The van der Waals surface area contributed by atoms with E-state index in [0.717, 1.165) is 27.5 Å². The number of aromatic nitrogens is 2. The van der Waals surface area contributed by atoms with E-state index >= 15 is 0 Å². The van der Waals surface area contributed by atoms with Crippen molar-refractivity contribution in [3.05, 3.63) is 69.0 Å². The van der Waals surface area contributed by atoms with Gasteiger partial charge in [-0.3, -0.25) is 10.1 Å². The predicted molar refractivity (Wildman–Crippen MR) is 114 cm³/mol. The molecule has 1 amide bonds. The maximum atomic E-state index is 12.5. The van der Waals surface area contributed by atoms with Crippen molar-refractivity contribution in [2.45, 2.75) is 34.6 Å². The van der Waals surface area contributed by atoms with Crippen LogP contribution in [0.25, 0.3) is 11.8 Å². The van der Waals surface area contributed by atoms with Crippen molar-refractivity contribution in [2.24, 2.45) is 0 Å². The average molecular weight is 391 g/mol. The molecule has 0 saturated heterocycles. The van der Waals surface area contributed by atoms with Crippen molar-refractivity contribution in [1.29, 1.82) is 5.26 Å². The molecule has 0 aliphatic carbocycles. The SMILES string of the molecule is Cc1cc(C)cc(-n2c(C)cc(/C=C(/C#N)C(=O)Nc3ncc(C)s3)c2C)c1. The fourth-order valence-electron chi connectivity index (χ4n) is 3.29. The second-order valence-electron chi connectivity index (χ2n) is 6.91. The minimum atomic E-state index is -0.451. The van der Waals surface area contributed by atoms with Crippen molar-refractivity contribution in [1.82, 2.24) is 9.55 Å². The summed E-state index contributed by atoms with van der Waals surface area (Å²) in [5.41, 5.74) is 6.38. The molecule has 0 spiro atoms. The maximum Gasteiger partial charge on any atom is 0.268 e. The highest BCUT2D eigenvalue weighted by molar-refractivity contribution is 7.15. The van der Waals surface area contributed by atoms with Gasteiger partial charge in [0.05, 0.1) is 0 Å². The lowest BCUT2D eigenvalue weighted by Crippen LogP contribution is -2.13. The second kappa shape index (κ2) is 7.83. The third kappa shape index (κ3) is 4.05. The smallest absolute Gasteiger partial charge is 0.268 e. The summed E-state index contributed by atoms with van der Waals surface area (Å²) in [6.07, 6.45) is 3.32. The number of aryl methyl sites for hydroxylation is 4.